The van der Waals surface area contributed by atoms with E-state index in [9.17, 15) is 5.11 Å². The summed E-state index contributed by atoms with van der Waals surface area (Å²) in [5.74, 6) is 1.25. The second-order valence-corrected chi connectivity index (χ2v) is 4.55. The van der Waals surface area contributed by atoms with Crippen molar-refractivity contribution in [3.05, 3.63) is 23.9 Å². The van der Waals surface area contributed by atoms with Gasteiger partial charge in [0.05, 0.1) is 6.10 Å². The van der Waals surface area contributed by atoms with Gasteiger partial charge in [-0.3, -0.25) is 5.41 Å². The Morgan fingerprint density at radius 1 is 1.65 bits per heavy atom. The lowest BCUT2D eigenvalue weighted by Crippen LogP contribution is -2.24. The summed E-state index contributed by atoms with van der Waals surface area (Å²) in [6.45, 7) is 3.59. The average Bonchev–Trinajstić information content (AvgIpc) is 2.78. The van der Waals surface area contributed by atoms with Gasteiger partial charge in [-0.05, 0) is 25.5 Å². The lowest BCUT2D eigenvalue weighted by atomic mass is 10.0. The van der Waals surface area contributed by atoms with E-state index < -0.39 is 0 Å². The van der Waals surface area contributed by atoms with E-state index in [1.165, 1.54) is 0 Å². The van der Waals surface area contributed by atoms with Crippen LogP contribution in [0.15, 0.2) is 18.3 Å². The van der Waals surface area contributed by atoms with Crippen LogP contribution in [0.5, 0.6) is 0 Å². The molecule has 5 heteroatoms. The van der Waals surface area contributed by atoms with Crippen LogP contribution in [0.4, 0.5) is 5.82 Å². The van der Waals surface area contributed by atoms with E-state index >= 15 is 0 Å². The number of nitrogens with zero attached hydrogens (tertiary/aromatic N) is 2. The fraction of sp³-hybridized carbons (Fsp3) is 0.500. The third-order valence-corrected chi connectivity index (χ3v) is 3.29. The molecule has 5 nitrogen and oxygen atoms in total. The molecule has 0 saturated carbocycles. The minimum Gasteiger partial charge on any atom is -0.393 e. The molecule has 0 bridgehead atoms. The van der Waals surface area contributed by atoms with E-state index in [0.29, 0.717) is 11.5 Å². The largest absolute Gasteiger partial charge is 0.393 e. The van der Waals surface area contributed by atoms with Gasteiger partial charge in [-0.15, -0.1) is 0 Å². The Bertz CT molecular complexity index is 401. The minimum atomic E-state index is -0.267. The molecule has 2 rings (SSSR count). The lowest BCUT2D eigenvalue weighted by molar-refractivity contribution is 0.136. The van der Waals surface area contributed by atoms with Gasteiger partial charge in [-0.25, -0.2) is 4.98 Å². The third kappa shape index (κ3) is 2.55. The summed E-state index contributed by atoms with van der Waals surface area (Å²) in [7, 11) is 0. The standard InChI is InChI=1S/C12H18N4O/c1-8(17)10-4-5-16(7-10)11-3-2-9(6-15-11)12(13)14/h2-3,6,8,10,17H,4-5,7H2,1H3,(H3,13,14). The van der Waals surface area contributed by atoms with Gasteiger partial charge in [0, 0.05) is 30.8 Å². The quantitative estimate of drug-likeness (QED) is 0.527. The first-order valence-electron chi connectivity index (χ1n) is 5.81. The SMILES string of the molecule is CC(O)C1CCN(c2ccc(C(=N)N)cn2)C1. The molecule has 0 aromatic carbocycles. The third-order valence-electron chi connectivity index (χ3n) is 3.29. The molecule has 1 saturated heterocycles. The number of aromatic nitrogens is 1. The number of aliphatic hydroxyl groups is 1. The van der Waals surface area contributed by atoms with Crippen molar-refractivity contribution in [2.45, 2.75) is 19.4 Å². The van der Waals surface area contributed by atoms with Gasteiger partial charge in [0.1, 0.15) is 11.7 Å². The number of hydrogen-bond acceptors (Lipinski definition) is 4. The second kappa shape index (κ2) is 4.71. The average molecular weight is 234 g/mol. The van der Waals surface area contributed by atoms with Gasteiger partial charge >= 0.3 is 0 Å². The highest BCUT2D eigenvalue weighted by Gasteiger charge is 2.26. The highest BCUT2D eigenvalue weighted by Crippen LogP contribution is 2.24. The van der Waals surface area contributed by atoms with Gasteiger partial charge in [0.15, 0.2) is 0 Å². The van der Waals surface area contributed by atoms with Crippen molar-refractivity contribution in [2.24, 2.45) is 11.7 Å². The molecule has 0 spiro atoms. The van der Waals surface area contributed by atoms with Crippen LogP contribution in [-0.4, -0.2) is 35.1 Å². The molecule has 1 fully saturated rings. The van der Waals surface area contributed by atoms with Gasteiger partial charge in [-0.1, -0.05) is 0 Å². The molecule has 1 aliphatic heterocycles. The molecule has 1 aromatic rings. The van der Waals surface area contributed by atoms with Crippen LogP contribution >= 0.6 is 0 Å². The first kappa shape index (κ1) is 11.9. The van der Waals surface area contributed by atoms with Crippen LogP contribution in [0.2, 0.25) is 0 Å². The number of amidine groups is 1. The van der Waals surface area contributed by atoms with Crippen LogP contribution in [0, 0.1) is 11.3 Å². The Hall–Kier alpha value is -1.62. The Balaban J connectivity index is 2.06. The number of rotatable bonds is 3. The lowest BCUT2D eigenvalue weighted by Gasteiger charge is -2.18. The van der Waals surface area contributed by atoms with E-state index in [0.717, 1.165) is 25.3 Å². The van der Waals surface area contributed by atoms with Crippen molar-refractivity contribution in [3.63, 3.8) is 0 Å². The smallest absolute Gasteiger partial charge is 0.128 e. The summed E-state index contributed by atoms with van der Waals surface area (Å²) in [5.41, 5.74) is 6.01. The number of nitrogen functional groups attached to an aromatic ring is 1. The van der Waals surface area contributed by atoms with E-state index in [-0.39, 0.29) is 11.9 Å². The number of nitrogens with one attached hydrogen (secondary N) is 1. The van der Waals surface area contributed by atoms with E-state index in [1.54, 1.807) is 12.3 Å². The number of aliphatic hydroxyl groups excluding tert-OH is 1. The zero-order chi connectivity index (χ0) is 12.4. The number of anilines is 1. The number of hydrogen-bond donors (Lipinski definition) is 3. The molecule has 2 atom stereocenters. The summed E-state index contributed by atoms with van der Waals surface area (Å²) < 4.78 is 0. The second-order valence-electron chi connectivity index (χ2n) is 4.55. The number of nitrogens with two attached hydrogens (primary N) is 1. The molecule has 0 amide bonds. The van der Waals surface area contributed by atoms with Gasteiger partial charge in [0.25, 0.3) is 0 Å². The Kier molecular flexibility index (Phi) is 3.28. The molecular weight excluding hydrogens is 216 g/mol. The summed E-state index contributed by atoms with van der Waals surface area (Å²) in [4.78, 5) is 6.45. The first-order valence-corrected chi connectivity index (χ1v) is 5.81. The first-order chi connectivity index (χ1) is 8.08. The predicted molar refractivity (Wildman–Crippen MR) is 67.3 cm³/mol. The Labute approximate surface area is 101 Å². The van der Waals surface area contributed by atoms with Crippen molar-refractivity contribution >= 4 is 11.7 Å². The van der Waals surface area contributed by atoms with Crippen LogP contribution in [0.25, 0.3) is 0 Å². The molecule has 1 aromatic heterocycles. The van der Waals surface area contributed by atoms with Crippen LogP contribution in [0.3, 0.4) is 0 Å². The zero-order valence-corrected chi connectivity index (χ0v) is 9.93. The maximum atomic E-state index is 9.54. The van der Waals surface area contributed by atoms with Crippen molar-refractivity contribution in [1.29, 1.82) is 5.41 Å². The van der Waals surface area contributed by atoms with Crippen LogP contribution in [0.1, 0.15) is 18.9 Å². The molecule has 1 aliphatic rings. The molecular formula is C12H18N4O. The fourth-order valence-electron chi connectivity index (χ4n) is 2.12. The molecule has 4 N–H and O–H groups in total. The predicted octanol–water partition coefficient (Wildman–Crippen LogP) is 0.573. The van der Waals surface area contributed by atoms with Crippen molar-refractivity contribution in [3.8, 4) is 0 Å². The van der Waals surface area contributed by atoms with E-state index in [4.69, 9.17) is 11.1 Å². The van der Waals surface area contributed by atoms with E-state index in [1.807, 2.05) is 13.0 Å². The highest BCUT2D eigenvalue weighted by atomic mass is 16.3. The monoisotopic (exact) mass is 234 g/mol. The zero-order valence-electron chi connectivity index (χ0n) is 9.93. The maximum absolute atomic E-state index is 9.54. The Morgan fingerprint density at radius 3 is 2.88 bits per heavy atom. The molecule has 0 radical (unpaired) electrons. The van der Waals surface area contributed by atoms with Gasteiger partial charge in [-0.2, -0.15) is 0 Å². The van der Waals surface area contributed by atoms with E-state index in [2.05, 4.69) is 9.88 Å². The molecule has 17 heavy (non-hydrogen) atoms. The number of pyridine rings is 1. The van der Waals surface area contributed by atoms with Crippen molar-refractivity contribution in [2.75, 3.05) is 18.0 Å². The Morgan fingerprint density at radius 2 is 2.41 bits per heavy atom. The maximum Gasteiger partial charge on any atom is 0.128 e. The summed E-state index contributed by atoms with van der Waals surface area (Å²) in [5, 5.41) is 16.8. The highest BCUT2D eigenvalue weighted by molar-refractivity contribution is 5.94. The molecule has 2 unspecified atom stereocenters. The van der Waals surface area contributed by atoms with Crippen molar-refractivity contribution < 1.29 is 5.11 Å². The fourth-order valence-corrected chi connectivity index (χ4v) is 2.12. The topological polar surface area (TPSA) is 86.2 Å². The summed E-state index contributed by atoms with van der Waals surface area (Å²) >= 11 is 0. The van der Waals surface area contributed by atoms with Gasteiger partial charge in [0.2, 0.25) is 0 Å². The molecule has 92 valence electrons. The summed E-state index contributed by atoms with van der Waals surface area (Å²) in [6, 6.07) is 3.68. The molecule has 0 aliphatic carbocycles. The normalized spacial score (nSPS) is 21.5. The van der Waals surface area contributed by atoms with Crippen LogP contribution < -0.4 is 10.6 Å². The summed E-state index contributed by atoms with van der Waals surface area (Å²) in [6.07, 6.45) is 2.35. The van der Waals surface area contributed by atoms with Gasteiger partial charge < -0.3 is 15.7 Å². The van der Waals surface area contributed by atoms with Crippen LogP contribution in [-0.2, 0) is 0 Å². The minimum absolute atomic E-state index is 0.0346. The van der Waals surface area contributed by atoms with Crippen molar-refractivity contribution in [1.82, 2.24) is 4.98 Å². The molecule has 2 heterocycles.